The molecule has 1 aliphatic heterocycles. The van der Waals surface area contributed by atoms with E-state index in [-0.39, 0.29) is 0 Å². The van der Waals surface area contributed by atoms with E-state index in [1.165, 1.54) is 12.3 Å². The average molecular weight is 615 g/mol. The molecule has 228 valence electrons. The lowest BCUT2D eigenvalue weighted by molar-refractivity contribution is -0.207. The Morgan fingerprint density at radius 3 is 1.98 bits per heavy atom. The molecule has 0 aliphatic carbocycles. The number of benzene rings is 3. The van der Waals surface area contributed by atoms with Gasteiger partial charge in [0.15, 0.2) is 5.60 Å². The van der Waals surface area contributed by atoms with Crippen LogP contribution in [0.5, 0.6) is 0 Å². The third-order valence-electron chi connectivity index (χ3n) is 7.97. The molecule has 1 fully saturated rings. The van der Waals surface area contributed by atoms with Crippen LogP contribution in [0.25, 0.3) is 11.1 Å². The van der Waals surface area contributed by atoms with E-state index in [2.05, 4.69) is 36.4 Å². The van der Waals surface area contributed by atoms with E-state index in [0.29, 0.717) is 17.2 Å². The van der Waals surface area contributed by atoms with Crippen LogP contribution < -0.4 is 9.80 Å². The maximum atomic E-state index is 16.0. The fraction of sp³-hybridized carbons (Fsp3) is 0.219. The first-order valence-electron chi connectivity index (χ1n) is 14.0. The summed E-state index contributed by atoms with van der Waals surface area (Å²) in [6.07, 6.45) is 2.25. The number of aliphatic hydroxyl groups is 1. The van der Waals surface area contributed by atoms with Crippen LogP contribution in [0, 0.1) is 23.0 Å². The quantitative estimate of drug-likeness (QED) is 0.246. The SMILES string of the molecule is N#Cc1ccc(N2CCN(c3ccc(-c4ccc(C(F)(F)C(O)(Cn5cnnn5)c5ccc(F)cc5F)nc4)cc3)CC2)cc1. The average Bonchev–Trinajstić information content (AvgIpc) is 3.58. The van der Waals surface area contributed by atoms with Gasteiger partial charge in [-0.2, -0.15) is 14.0 Å². The molecule has 1 saturated heterocycles. The van der Waals surface area contributed by atoms with Crippen LogP contribution in [0.2, 0.25) is 0 Å². The summed E-state index contributed by atoms with van der Waals surface area (Å²) in [4.78, 5) is 8.48. The molecule has 6 rings (SSSR count). The van der Waals surface area contributed by atoms with Gasteiger partial charge in [-0.3, -0.25) is 4.98 Å². The van der Waals surface area contributed by atoms with Crippen molar-refractivity contribution in [1.29, 1.82) is 5.26 Å². The molecule has 3 heterocycles. The van der Waals surface area contributed by atoms with Crippen LogP contribution in [-0.4, -0.2) is 56.5 Å². The Bertz CT molecular complexity index is 1800. The fourth-order valence-corrected chi connectivity index (χ4v) is 5.46. The predicted octanol–water partition coefficient (Wildman–Crippen LogP) is 4.89. The van der Waals surface area contributed by atoms with E-state index >= 15 is 8.78 Å². The molecule has 13 heteroatoms. The van der Waals surface area contributed by atoms with E-state index < -0.39 is 41.0 Å². The van der Waals surface area contributed by atoms with Crippen molar-refractivity contribution in [3.05, 3.63) is 120 Å². The Kier molecular flexibility index (Phi) is 7.90. The maximum absolute atomic E-state index is 16.0. The summed E-state index contributed by atoms with van der Waals surface area (Å²) in [6.45, 7) is 2.30. The summed E-state index contributed by atoms with van der Waals surface area (Å²) in [6, 6.07) is 21.8. The number of hydrogen-bond acceptors (Lipinski definition) is 8. The monoisotopic (exact) mass is 614 g/mol. The first-order valence-corrected chi connectivity index (χ1v) is 14.0. The number of alkyl halides is 2. The normalized spacial score (nSPS) is 15.0. The second-order valence-electron chi connectivity index (χ2n) is 10.7. The molecule has 2 aromatic heterocycles. The highest BCUT2D eigenvalue weighted by Gasteiger charge is 2.58. The van der Waals surface area contributed by atoms with E-state index in [1.54, 1.807) is 0 Å². The predicted molar refractivity (Wildman–Crippen MR) is 157 cm³/mol. The van der Waals surface area contributed by atoms with Gasteiger partial charge in [0.05, 0.1) is 18.2 Å². The Balaban J connectivity index is 1.18. The van der Waals surface area contributed by atoms with Crippen molar-refractivity contribution in [3.8, 4) is 17.2 Å². The van der Waals surface area contributed by atoms with E-state index in [4.69, 9.17) is 5.26 Å². The molecule has 1 unspecified atom stereocenters. The zero-order chi connectivity index (χ0) is 31.6. The van der Waals surface area contributed by atoms with Crippen LogP contribution in [0.15, 0.2) is 91.4 Å². The Morgan fingerprint density at radius 1 is 0.822 bits per heavy atom. The smallest absolute Gasteiger partial charge is 0.323 e. The first kappa shape index (κ1) is 29.7. The van der Waals surface area contributed by atoms with Crippen LogP contribution in [0.3, 0.4) is 0 Å². The molecule has 1 aliphatic rings. The number of tetrazole rings is 1. The number of piperazine rings is 1. The molecule has 0 amide bonds. The van der Waals surface area contributed by atoms with E-state index in [0.717, 1.165) is 72.3 Å². The van der Waals surface area contributed by atoms with E-state index in [1.807, 2.05) is 48.5 Å². The highest BCUT2D eigenvalue weighted by molar-refractivity contribution is 5.66. The molecule has 1 atom stereocenters. The van der Waals surface area contributed by atoms with Crippen LogP contribution >= 0.6 is 0 Å². The van der Waals surface area contributed by atoms with Gasteiger partial charge in [0.25, 0.3) is 0 Å². The third-order valence-corrected chi connectivity index (χ3v) is 7.97. The summed E-state index contributed by atoms with van der Waals surface area (Å²) in [5.74, 6) is -6.47. The lowest BCUT2D eigenvalue weighted by Crippen LogP contribution is -2.48. The van der Waals surface area contributed by atoms with Crippen molar-refractivity contribution >= 4 is 11.4 Å². The number of halogens is 4. The molecule has 3 aromatic carbocycles. The molecule has 0 radical (unpaired) electrons. The highest BCUT2D eigenvalue weighted by atomic mass is 19.3. The van der Waals surface area contributed by atoms with Gasteiger partial charge in [0.1, 0.15) is 23.7 Å². The minimum atomic E-state index is -4.14. The first-order chi connectivity index (χ1) is 21.7. The summed E-state index contributed by atoms with van der Waals surface area (Å²) < 4.78 is 61.3. The molecular weight excluding hydrogens is 588 g/mol. The number of hydrogen-bond donors (Lipinski definition) is 1. The summed E-state index contributed by atoms with van der Waals surface area (Å²) in [5.41, 5.74) is -0.842. The van der Waals surface area contributed by atoms with Gasteiger partial charge in [-0.05, 0) is 70.6 Å². The van der Waals surface area contributed by atoms with Gasteiger partial charge in [-0.15, -0.1) is 5.10 Å². The van der Waals surface area contributed by atoms with Gasteiger partial charge < -0.3 is 14.9 Å². The number of rotatable bonds is 8. The Morgan fingerprint density at radius 2 is 1.44 bits per heavy atom. The summed E-state index contributed by atoms with van der Waals surface area (Å²) >= 11 is 0. The highest BCUT2D eigenvalue weighted by Crippen LogP contribution is 2.47. The lowest BCUT2D eigenvalue weighted by atomic mass is 9.84. The minimum Gasteiger partial charge on any atom is -0.377 e. The lowest BCUT2D eigenvalue weighted by Gasteiger charge is -2.37. The van der Waals surface area contributed by atoms with E-state index in [9.17, 15) is 13.9 Å². The summed E-state index contributed by atoms with van der Waals surface area (Å²) in [5, 5.41) is 30.7. The van der Waals surface area contributed by atoms with Gasteiger partial charge in [-0.25, -0.2) is 13.5 Å². The standard InChI is InChI=1S/C32H26F4N8O/c33-25-6-11-28(29(34)17-25)31(45,20-44-21-39-40-41-44)32(35,36)30-12-5-24(19-38-30)23-3-9-27(10-4-23)43-15-13-42(14-16-43)26-7-1-22(18-37)2-8-26/h1-12,17,19,21,45H,13-16,20H2. The third kappa shape index (κ3) is 5.80. The topological polar surface area (TPSA) is 107 Å². The molecule has 0 bridgehead atoms. The number of nitrogens with zero attached hydrogens (tertiary/aromatic N) is 8. The number of aromatic nitrogens is 5. The van der Waals surface area contributed by atoms with Gasteiger partial charge in [-0.1, -0.05) is 18.2 Å². The van der Waals surface area contributed by atoms with Crippen LogP contribution in [-0.2, 0) is 18.1 Å². The largest absolute Gasteiger partial charge is 0.377 e. The Labute approximate surface area is 255 Å². The number of anilines is 2. The zero-order valence-corrected chi connectivity index (χ0v) is 23.7. The second kappa shape index (κ2) is 12.0. The molecule has 1 N–H and O–H groups in total. The minimum absolute atomic E-state index is 0.422. The molecule has 9 nitrogen and oxygen atoms in total. The summed E-state index contributed by atoms with van der Waals surface area (Å²) in [7, 11) is 0. The number of pyridine rings is 1. The van der Waals surface area contributed by atoms with Crippen LogP contribution in [0.4, 0.5) is 28.9 Å². The van der Waals surface area contributed by atoms with Crippen molar-refractivity contribution in [2.75, 3.05) is 36.0 Å². The molecule has 0 saturated carbocycles. The van der Waals surface area contributed by atoms with Crippen molar-refractivity contribution in [3.63, 3.8) is 0 Å². The van der Waals surface area contributed by atoms with Crippen LogP contribution in [0.1, 0.15) is 16.8 Å². The van der Waals surface area contributed by atoms with Crippen molar-refractivity contribution in [1.82, 2.24) is 25.2 Å². The zero-order valence-electron chi connectivity index (χ0n) is 23.7. The van der Waals surface area contributed by atoms with Crippen molar-refractivity contribution < 1.29 is 22.7 Å². The van der Waals surface area contributed by atoms with Gasteiger partial charge >= 0.3 is 5.92 Å². The van der Waals surface area contributed by atoms with Gasteiger partial charge in [0.2, 0.25) is 0 Å². The van der Waals surface area contributed by atoms with Crippen molar-refractivity contribution in [2.24, 2.45) is 0 Å². The van der Waals surface area contributed by atoms with Gasteiger partial charge in [0, 0.05) is 60.9 Å². The molecule has 0 spiro atoms. The second-order valence-corrected chi connectivity index (χ2v) is 10.7. The fourth-order valence-electron chi connectivity index (χ4n) is 5.46. The van der Waals surface area contributed by atoms with Crippen molar-refractivity contribution in [2.45, 2.75) is 18.1 Å². The maximum Gasteiger partial charge on any atom is 0.323 e. The molecule has 5 aromatic rings. The molecule has 45 heavy (non-hydrogen) atoms. The Hall–Kier alpha value is -5.35. The molecular formula is C32H26F4N8O. The number of nitriles is 1.